The van der Waals surface area contributed by atoms with Gasteiger partial charge in [-0.1, -0.05) is 20.8 Å². The van der Waals surface area contributed by atoms with Crippen molar-refractivity contribution in [1.82, 2.24) is 0 Å². The maximum absolute atomic E-state index is 10.7. The fourth-order valence-electron chi connectivity index (χ4n) is 9.07. The van der Waals surface area contributed by atoms with Crippen molar-refractivity contribution in [2.24, 2.45) is 46.3 Å². The van der Waals surface area contributed by atoms with Crippen molar-refractivity contribution in [3.63, 3.8) is 0 Å². The smallest absolute Gasteiger partial charge is 0.0832 e. The van der Waals surface area contributed by atoms with Crippen molar-refractivity contribution in [3.8, 4) is 0 Å². The Labute approximate surface area is 178 Å². The Bertz CT molecular complexity index is 597. The summed E-state index contributed by atoms with van der Waals surface area (Å²) in [5.41, 5.74) is 0.119. The molecule has 168 valence electrons. The molecular formula is C26H46O3. The summed E-state index contributed by atoms with van der Waals surface area (Å²) in [4.78, 5) is 0. The molecule has 29 heavy (non-hydrogen) atoms. The van der Waals surface area contributed by atoms with E-state index in [1.54, 1.807) is 0 Å². The quantitative estimate of drug-likeness (QED) is 0.604. The summed E-state index contributed by atoms with van der Waals surface area (Å²) in [5.74, 6) is 4.14. The second-order valence-corrected chi connectivity index (χ2v) is 12.7. The van der Waals surface area contributed by atoms with E-state index in [9.17, 15) is 15.3 Å². The van der Waals surface area contributed by atoms with E-state index in [-0.39, 0.29) is 5.41 Å². The zero-order valence-electron chi connectivity index (χ0n) is 19.5. The average Bonchev–Trinajstić information content (AvgIpc) is 3.00. The lowest BCUT2D eigenvalue weighted by molar-refractivity contribution is -0.174. The summed E-state index contributed by atoms with van der Waals surface area (Å²) in [6.45, 7) is 11.4. The molecule has 0 aromatic heterocycles. The van der Waals surface area contributed by atoms with Crippen LogP contribution >= 0.6 is 0 Å². The lowest BCUT2D eigenvalue weighted by Crippen LogP contribution is -2.58. The first kappa shape index (κ1) is 22.1. The van der Waals surface area contributed by atoms with E-state index in [0.717, 1.165) is 55.8 Å². The second-order valence-electron chi connectivity index (χ2n) is 12.7. The van der Waals surface area contributed by atoms with Crippen LogP contribution in [-0.2, 0) is 0 Å². The van der Waals surface area contributed by atoms with Gasteiger partial charge in [-0.15, -0.1) is 0 Å². The zero-order valence-corrected chi connectivity index (χ0v) is 19.5. The number of aliphatic hydroxyl groups is 3. The number of rotatable bonds is 4. The van der Waals surface area contributed by atoms with Gasteiger partial charge in [0.05, 0.1) is 17.8 Å². The van der Waals surface area contributed by atoms with Gasteiger partial charge in [-0.05, 0) is 124 Å². The van der Waals surface area contributed by atoms with Gasteiger partial charge in [0, 0.05) is 0 Å². The molecule has 3 heteroatoms. The molecule has 0 aromatic rings. The molecule has 0 bridgehead atoms. The molecule has 0 aliphatic heterocycles. The fourth-order valence-corrected chi connectivity index (χ4v) is 9.07. The Morgan fingerprint density at radius 2 is 1.48 bits per heavy atom. The third-order valence-electron chi connectivity index (χ3n) is 10.7. The summed E-state index contributed by atoms with van der Waals surface area (Å²) >= 11 is 0. The van der Waals surface area contributed by atoms with Gasteiger partial charge in [-0.25, -0.2) is 0 Å². The van der Waals surface area contributed by atoms with E-state index in [1.807, 2.05) is 13.8 Å². The lowest BCUT2D eigenvalue weighted by atomic mass is 9.44. The van der Waals surface area contributed by atoms with Gasteiger partial charge < -0.3 is 15.3 Å². The van der Waals surface area contributed by atoms with E-state index in [0.29, 0.717) is 17.3 Å². The van der Waals surface area contributed by atoms with E-state index >= 15 is 0 Å². The Balaban J connectivity index is 1.51. The number of aliphatic hydroxyl groups excluding tert-OH is 2. The first-order valence-corrected chi connectivity index (χ1v) is 12.6. The molecule has 0 aromatic carbocycles. The first-order valence-electron chi connectivity index (χ1n) is 12.6. The third kappa shape index (κ3) is 3.61. The number of hydrogen-bond acceptors (Lipinski definition) is 3. The third-order valence-corrected chi connectivity index (χ3v) is 10.7. The van der Waals surface area contributed by atoms with Crippen molar-refractivity contribution >= 4 is 0 Å². The van der Waals surface area contributed by atoms with Crippen LogP contribution < -0.4 is 0 Å². The number of fused-ring (bicyclic) bond motifs is 5. The van der Waals surface area contributed by atoms with Crippen LogP contribution in [0.2, 0.25) is 0 Å². The average molecular weight is 407 g/mol. The van der Waals surface area contributed by atoms with Gasteiger partial charge in [0.25, 0.3) is 0 Å². The molecule has 4 fully saturated rings. The van der Waals surface area contributed by atoms with Crippen LogP contribution in [0.3, 0.4) is 0 Å². The maximum Gasteiger partial charge on any atom is 0.0832 e. The molecule has 10 atom stereocenters. The Hall–Kier alpha value is -0.120. The van der Waals surface area contributed by atoms with Crippen molar-refractivity contribution in [2.75, 3.05) is 0 Å². The van der Waals surface area contributed by atoms with Crippen LogP contribution in [0.25, 0.3) is 0 Å². The molecule has 0 amide bonds. The summed E-state index contributed by atoms with van der Waals surface area (Å²) in [6, 6.07) is 0. The normalized spacial score (nSPS) is 51.1. The van der Waals surface area contributed by atoms with Crippen LogP contribution in [-0.4, -0.2) is 33.1 Å². The molecule has 0 unspecified atom stereocenters. The minimum Gasteiger partial charge on any atom is -0.390 e. The van der Waals surface area contributed by atoms with Crippen molar-refractivity contribution in [3.05, 3.63) is 0 Å². The Kier molecular flexibility index (Phi) is 5.70. The highest BCUT2D eigenvalue weighted by molar-refractivity contribution is 5.11. The molecule has 0 saturated heterocycles. The highest BCUT2D eigenvalue weighted by atomic mass is 16.3. The fraction of sp³-hybridized carbons (Fsp3) is 1.00. The zero-order chi connectivity index (χ0) is 21.2. The van der Waals surface area contributed by atoms with Crippen molar-refractivity contribution < 1.29 is 15.3 Å². The second kappa shape index (κ2) is 7.48. The monoisotopic (exact) mass is 406 g/mol. The molecule has 0 radical (unpaired) electrons. The summed E-state index contributed by atoms with van der Waals surface area (Å²) in [5, 5.41) is 31.2. The SMILES string of the molecule is C[C@H](CCC(C)(C)O)[C@H]1CC[C@H]2[C@@H]3CC[C@H]4[C@@H](O)[C@@H](O)CC[C@]4(C)[C@H]3CC[C@]12C. The van der Waals surface area contributed by atoms with E-state index in [2.05, 4.69) is 20.8 Å². The standard InChI is InChI=1S/C26H46O3/c1-16(10-13-24(2,3)29)18-8-9-19-17-6-7-21-23(28)22(27)12-15-26(21,5)20(17)11-14-25(18,19)4/h16-23,27-29H,6-15H2,1-5H3/t16-,17+,18-,19+,20+,21+,22+,23-,25-,26-/m1/s1. The van der Waals surface area contributed by atoms with Crippen LogP contribution in [0.5, 0.6) is 0 Å². The highest BCUT2D eigenvalue weighted by Crippen LogP contribution is 2.68. The molecule has 3 nitrogen and oxygen atoms in total. The maximum atomic E-state index is 10.7. The molecule has 4 saturated carbocycles. The Morgan fingerprint density at radius 1 is 0.862 bits per heavy atom. The molecule has 3 N–H and O–H groups in total. The molecule has 0 spiro atoms. The van der Waals surface area contributed by atoms with Crippen LogP contribution in [0, 0.1) is 46.3 Å². The predicted octanol–water partition coefficient (Wildman–Crippen LogP) is 5.16. The first-order chi connectivity index (χ1) is 13.5. The van der Waals surface area contributed by atoms with E-state index in [1.165, 1.54) is 32.1 Å². The predicted molar refractivity (Wildman–Crippen MR) is 117 cm³/mol. The largest absolute Gasteiger partial charge is 0.390 e. The minimum absolute atomic E-state index is 0.216. The molecule has 4 aliphatic rings. The van der Waals surface area contributed by atoms with Crippen molar-refractivity contribution in [2.45, 2.75) is 117 Å². The van der Waals surface area contributed by atoms with Crippen LogP contribution in [0.15, 0.2) is 0 Å². The van der Waals surface area contributed by atoms with E-state index < -0.39 is 17.8 Å². The van der Waals surface area contributed by atoms with Crippen molar-refractivity contribution in [1.29, 1.82) is 0 Å². The van der Waals surface area contributed by atoms with Gasteiger partial charge >= 0.3 is 0 Å². The van der Waals surface area contributed by atoms with E-state index in [4.69, 9.17) is 0 Å². The molecule has 4 rings (SSSR count). The summed E-state index contributed by atoms with van der Waals surface area (Å²) < 4.78 is 0. The minimum atomic E-state index is -0.551. The van der Waals surface area contributed by atoms with Gasteiger partial charge in [-0.2, -0.15) is 0 Å². The van der Waals surface area contributed by atoms with Crippen LogP contribution in [0.1, 0.15) is 98.8 Å². The van der Waals surface area contributed by atoms with Gasteiger partial charge in [0.15, 0.2) is 0 Å². The lowest BCUT2D eigenvalue weighted by Gasteiger charge is -2.62. The van der Waals surface area contributed by atoms with Gasteiger partial charge in [0.2, 0.25) is 0 Å². The van der Waals surface area contributed by atoms with Gasteiger partial charge in [-0.3, -0.25) is 0 Å². The molecule has 0 heterocycles. The topological polar surface area (TPSA) is 60.7 Å². The summed E-state index contributed by atoms with van der Waals surface area (Å²) in [7, 11) is 0. The highest BCUT2D eigenvalue weighted by Gasteiger charge is 2.61. The molecule has 4 aliphatic carbocycles. The number of hydrogen-bond donors (Lipinski definition) is 3. The van der Waals surface area contributed by atoms with Gasteiger partial charge in [0.1, 0.15) is 0 Å². The summed E-state index contributed by atoms with van der Waals surface area (Å²) in [6.07, 6.45) is 10.6. The molecular weight excluding hydrogens is 360 g/mol. The Morgan fingerprint density at radius 3 is 2.17 bits per heavy atom. The van der Waals surface area contributed by atoms with Crippen LogP contribution in [0.4, 0.5) is 0 Å².